The van der Waals surface area contributed by atoms with E-state index in [9.17, 15) is 4.79 Å². The molecule has 1 aliphatic rings. The molecule has 2 rings (SSSR count). The molecule has 116 valence electrons. The molecule has 0 aromatic heterocycles. The number of nitrogens with zero attached hydrogens (tertiary/aromatic N) is 1. The van der Waals surface area contributed by atoms with Crippen LogP contribution in [0.2, 0.25) is 0 Å². The monoisotopic (exact) mass is 289 g/mol. The van der Waals surface area contributed by atoms with Crippen LogP contribution >= 0.6 is 0 Å². The molecule has 0 saturated heterocycles. The zero-order valence-corrected chi connectivity index (χ0v) is 13.1. The van der Waals surface area contributed by atoms with Gasteiger partial charge in [-0.2, -0.15) is 0 Å². The Kier molecular flexibility index (Phi) is 5.76. The fourth-order valence-corrected chi connectivity index (χ4v) is 3.03. The summed E-state index contributed by atoms with van der Waals surface area (Å²) in [4.78, 5) is 14.5. The molecule has 1 aliphatic carbocycles. The van der Waals surface area contributed by atoms with E-state index in [2.05, 4.69) is 24.3 Å². The van der Waals surface area contributed by atoms with Crippen LogP contribution in [0.4, 0.5) is 0 Å². The van der Waals surface area contributed by atoms with Gasteiger partial charge in [-0.1, -0.05) is 30.3 Å². The summed E-state index contributed by atoms with van der Waals surface area (Å²) in [6.07, 6.45) is 5.07. The maximum atomic E-state index is 12.2. The predicted octanol–water partition coefficient (Wildman–Crippen LogP) is 1.55. The van der Waals surface area contributed by atoms with Crippen molar-refractivity contribution in [3.63, 3.8) is 0 Å². The minimum absolute atomic E-state index is 0.0248. The van der Waals surface area contributed by atoms with Crippen LogP contribution in [0.3, 0.4) is 0 Å². The van der Waals surface area contributed by atoms with Crippen LogP contribution in [0.15, 0.2) is 30.3 Å². The zero-order valence-electron chi connectivity index (χ0n) is 13.1. The quantitative estimate of drug-likeness (QED) is 0.864. The van der Waals surface area contributed by atoms with Gasteiger partial charge in [0.25, 0.3) is 0 Å². The van der Waals surface area contributed by atoms with Gasteiger partial charge in [0.1, 0.15) is 0 Å². The highest BCUT2D eigenvalue weighted by Crippen LogP contribution is 2.21. The lowest BCUT2D eigenvalue weighted by Crippen LogP contribution is -2.49. The van der Waals surface area contributed by atoms with E-state index in [1.807, 2.05) is 30.3 Å². The first kappa shape index (κ1) is 16.0. The van der Waals surface area contributed by atoms with Crippen LogP contribution in [0.5, 0.6) is 0 Å². The third kappa shape index (κ3) is 4.83. The molecule has 3 N–H and O–H groups in total. The van der Waals surface area contributed by atoms with Crippen LogP contribution in [-0.4, -0.2) is 43.0 Å². The van der Waals surface area contributed by atoms with Crippen LogP contribution in [0.25, 0.3) is 0 Å². The minimum atomic E-state index is -0.466. The number of nitrogens with two attached hydrogens (primary N) is 1. The van der Waals surface area contributed by atoms with E-state index in [4.69, 9.17) is 5.73 Å². The van der Waals surface area contributed by atoms with E-state index in [0.717, 1.165) is 18.4 Å². The molecular formula is C17H27N3O. The lowest BCUT2D eigenvalue weighted by Gasteiger charge is -2.34. The minimum Gasteiger partial charge on any atom is -0.352 e. The first-order chi connectivity index (χ1) is 10.1. The molecule has 1 aromatic rings. The predicted molar refractivity (Wildman–Crippen MR) is 86.0 cm³/mol. The van der Waals surface area contributed by atoms with Gasteiger partial charge in [0, 0.05) is 12.1 Å². The summed E-state index contributed by atoms with van der Waals surface area (Å²) in [5.74, 6) is -0.0248. The van der Waals surface area contributed by atoms with Crippen LogP contribution in [0.1, 0.15) is 31.2 Å². The molecular weight excluding hydrogens is 262 g/mol. The largest absolute Gasteiger partial charge is 0.352 e. The number of hydrogen-bond acceptors (Lipinski definition) is 3. The molecule has 1 saturated carbocycles. The molecule has 0 bridgehead atoms. The Morgan fingerprint density at radius 1 is 1.33 bits per heavy atom. The summed E-state index contributed by atoms with van der Waals surface area (Å²) in [5, 5.41) is 3.13. The van der Waals surface area contributed by atoms with Crippen LogP contribution in [-0.2, 0) is 11.2 Å². The molecule has 4 heteroatoms. The molecule has 1 amide bonds. The fourth-order valence-electron chi connectivity index (χ4n) is 3.03. The van der Waals surface area contributed by atoms with E-state index in [1.54, 1.807) is 0 Å². The lowest BCUT2D eigenvalue weighted by atomic mass is 9.90. The maximum Gasteiger partial charge on any atom is 0.237 e. The van der Waals surface area contributed by atoms with Crippen LogP contribution < -0.4 is 11.1 Å². The van der Waals surface area contributed by atoms with E-state index in [0.29, 0.717) is 12.5 Å². The van der Waals surface area contributed by atoms with Crippen molar-refractivity contribution < 1.29 is 4.79 Å². The van der Waals surface area contributed by atoms with Gasteiger partial charge < -0.3 is 16.0 Å². The molecule has 0 radical (unpaired) electrons. The Balaban J connectivity index is 1.83. The fraction of sp³-hybridized carbons (Fsp3) is 0.588. The highest BCUT2D eigenvalue weighted by molar-refractivity contribution is 5.82. The zero-order chi connectivity index (χ0) is 15.2. The second kappa shape index (κ2) is 7.57. The van der Waals surface area contributed by atoms with Gasteiger partial charge in [-0.15, -0.1) is 0 Å². The van der Waals surface area contributed by atoms with Crippen molar-refractivity contribution >= 4 is 5.91 Å². The standard InChI is InChI=1S/C17H27N3O/c1-20(2)15-10-6-9-14(12-15)19-17(21)16(18)11-13-7-4-3-5-8-13/h3-5,7-8,14-16H,6,9-12,18H2,1-2H3,(H,19,21). The van der Waals surface area contributed by atoms with E-state index < -0.39 is 6.04 Å². The second-order valence-corrected chi connectivity index (χ2v) is 6.29. The topological polar surface area (TPSA) is 58.4 Å². The molecule has 3 atom stereocenters. The van der Waals surface area contributed by atoms with E-state index >= 15 is 0 Å². The van der Waals surface area contributed by atoms with E-state index in [-0.39, 0.29) is 11.9 Å². The van der Waals surface area contributed by atoms with Gasteiger partial charge >= 0.3 is 0 Å². The number of amides is 1. The Morgan fingerprint density at radius 2 is 2.05 bits per heavy atom. The second-order valence-electron chi connectivity index (χ2n) is 6.29. The number of nitrogens with one attached hydrogen (secondary N) is 1. The summed E-state index contributed by atoms with van der Waals surface area (Å²) >= 11 is 0. The molecule has 4 nitrogen and oxygen atoms in total. The SMILES string of the molecule is CN(C)C1CCCC(NC(=O)C(N)Cc2ccccc2)C1. The molecule has 21 heavy (non-hydrogen) atoms. The number of benzene rings is 1. The summed E-state index contributed by atoms with van der Waals surface area (Å²) in [7, 11) is 4.21. The number of rotatable bonds is 5. The Morgan fingerprint density at radius 3 is 2.71 bits per heavy atom. The van der Waals surface area contributed by atoms with E-state index in [1.165, 1.54) is 12.8 Å². The Bertz CT molecular complexity index is 447. The molecule has 0 heterocycles. The highest BCUT2D eigenvalue weighted by atomic mass is 16.2. The summed E-state index contributed by atoms with van der Waals surface area (Å²) in [6, 6.07) is 10.3. The first-order valence-electron chi connectivity index (χ1n) is 7.82. The number of carbonyl (C=O) groups excluding carboxylic acids is 1. The first-order valence-corrected chi connectivity index (χ1v) is 7.82. The summed E-state index contributed by atoms with van der Waals surface area (Å²) in [6.45, 7) is 0. The van der Waals surface area contributed by atoms with Gasteiger partial charge in [-0.05, 0) is 51.8 Å². The average Bonchev–Trinajstić information content (AvgIpc) is 2.48. The normalized spacial score (nSPS) is 23.8. The van der Waals surface area contributed by atoms with Gasteiger partial charge in [0.15, 0.2) is 0 Å². The third-order valence-electron chi connectivity index (χ3n) is 4.36. The smallest absolute Gasteiger partial charge is 0.237 e. The number of carbonyl (C=O) groups is 1. The lowest BCUT2D eigenvalue weighted by molar-refractivity contribution is -0.123. The van der Waals surface area contributed by atoms with Crippen molar-refractivity contribution in [1.29, 1.82) is 0 Å². The van der Waals surface area contributed by atoms with Gasteiger partial charge in [0.2, 0.25) is 5.91 Å². The third-order valence-corrected chi connectivity index (χ3v) is 4.36. The van der Waals surface area contributed by atoms with Crippen molar-refractivity contribution in [2.75, 3.05) is 14.1 Å². The van der Waals surface area contributed by atoms with Gasteiger partial charge in [-0.25, -0.2) is 0 Å². The van der Waals surface area contributed by atoms with Crippen LogP contribution in [0, 0.1) is 0 Å². The Hall–Kier alpha value is -1.39. The van der Waals surface area contributed by atoms with Gasteiger partial charge in [0.05, 0.1) is 6.04 Å². The molecule has 0 spiro atoms. The molecule has 1 fully saturated rings. The maximum absolute atomic E-state index is 12.2. The van der Waals surface area contributed by atoms with Crippen molar-refractivity contribution in [2.45, 2.75) is 50.2 Å². The average molecular weight is 289 g/mol. The molecule has 3 unspecified atom stereocenters. The molecule has 1 aromatic carbocycles. The molecule has 0 aliphatic heterocycles. The highest BCUT2D eigenvalue weighted by Gasteiger charge is 2.26. The Labute approximate surface area is 127 Å². The van der Waals surface area contributed by atoms with Crippen molar-refractivity contribution in [2.24, 2.45) is 5.73 Å². The summed E-state index contributed by atoms with van der Waals surface area (Å²) in [5.41, 5.74) is 7.14. The number of hydrogen-bond donors (Lipinski definition) is 2. The summed E-state index contributed by atoms with van der Waals surface area (Å²) < 4.78 is 0. The van der Waals surface area contributed by atoms with Crippen molar-refractivity contribution in [1.82, 2.24) is 10.2 Å². The van der Waals surface area contributed by atoms with Gasteiger partial charge in [-0.3, -0.25) is 4.79 Å². The van der Waals surface area contributed by atoms with Crippen molar-refractivity contribution in [3.8, 4) is 0 Å². The van der Waals surface area contributed by atoms with Crippen molar-refractivity contribution in [3.05, 3.63) is 35.9 Å².